The van der Waals surface area contributed by atoms with E-state index in [0.29, 0.717) is 27.6 Å². The van der Waals surface area contributed by atoms with Crippen molar-refractivity contribution in [2.24, 2.45) is 0 Å². The third kappa shape index (κ3) is 4.23. The van der Waals surface area contributed by atoms with Crippen molar-refractivity contribution in [1.29, 1.82) is 0 Å². The maximum Gasteiger partial charge on any atom is 0.312 e. The fourth-order valence-electron chi connectivity index (χ4n) is 2.78. The molecule has 11 heteroatoms. The van der Waals surface area contributed by atoms with Crippen LogP contribution in [0.4, 0.5) is 11.5 Å². The highest BCUT2D eigenvalue weighted by atomic mass is 79.9. The van der Waals surface area contributed by atoms with Gasteiger partial charge in [0, 0.05) is 11.2 Å². The Labute approximate surface area is 173 Å². The first-order valence-electron chi connectivity index (χ1n) is 8.21. The Balaban J connectivity index is 1.71. The van der Waals surface area contributed by atoms with Crippen LogP contribution in [0, 0.1) is 24.0 Å². The summed E-state index contributed by atoms with van der Waals surface area (Å²) in [5.41, 5.74) is 1.39. The molecule has 3 aromatic rings. The lowest BCUT2D eigenvalue weighted by atomic mass is 10.2. The van der Waals surface area contributed by atoms with Crippen LogP contribution in [-0.4, -0.2) is 30.4 Å². The predicted molar refractivity (Wildman–Crippen MR) is 107 cm³/mol. The van der Waals surface area contributed by atoms with E-state index in [1.54, 1.807) is 23.9 Å². The average Bonchev–Trinajstić information content (AvgIpc) is 3.08. The van der Waals surface area contributed by atoms with E-state index in [0.717, 1.165) is 5.56 Å². The number of benzene rings is 1. The number of rotatable bonds is 6. The molecule has 1 N–H and O–H groups in total. The monoisotopic (exact) mass is 466 g/mol. The Kier molecular flexibility index (Phi) is 5.80. The van der Waals surface area contributed by atoms with Gasteiger partial charge in [0.15, 0.2) is 5.82 Å². The number of hydrogen-bond donors (Lipinski definition) is 1. The first kappa shape index (κ1) is 20.0. The largest absolute Gasteiger partial charge is 0.312 e. The van der Waals surface area contributed by atoms with Gasteiger partial charge in [-0.3, -0.25) is 24.3 Å². The summed E-state index contributed by atoms with van der Waals surface area (Å²) in [4.78, 5) is 22.9. The molecule has 28 heavy (non-hydrogen) atoms. The Morgan fingerprint density at radius 3 is 2.68 bits per heavy atom. The third-order valence-electron chi connectivity index (χ3n) is 4.08. The van der Waals surface area contributed by atoms with Gasteiger partial charge in [-0.15, -0.1) is 0 Å². The smallest absolute Gasteiger partial charge is 0.307 e. The Morgan fingerprint density at radius 2 is 2.04 bits per heavy atom. The molecule has 0 fully saturated rings. The fourth-order valence-corrected chi connectivity index (χ4v) is 3.39. The lowest BCUT2D eigenvalue weighted by Gasteiger charge is -2.05. The van der Waals surface area contributed by atoms with E-state index >= 15 is 0 Å². The molecule has 0 spiro atoms. The van der Waals surface area contributed by atoms with Crippen LogP contribution in [-0.2, 0) is 17.9 Å². The number of nitrogens with zero attached hydrogens (tertiary/aromatic N) is 5. The topological polar surface area (TPSA) is 108 Å². The first-order valence-corrected chi connectivity index (χ1v) is 9.38. The molecule has 146 valence electrons. The number of amides is 1. The van der Waals surface area contributed by atoms with E-state index < -0.39 is 10.8 Å². The Bertz CT molecular complexity index is 1060. The molecule has 9 nitrogen and oxygen atoms in total. The van der Waals surface area contributed by atoms with E-state index in [2.05, 4.69) is 31.4 Å². The van der Waals surface area contributed by atoms with Crippen LogP contribution in [0.5, 0.6) is 0 Å². The van der Waals surface area contributed by atoms with Gasteiger partial charge in [-0.05, 0) is 41.4 Å². The van der Waals surface area contributed by atoms with Crippen molar-refractivity contribution in [1.82, 2.24) is 19.6 Å². The second-order valence-electron chi connectivity index (χ2n) is 6.10. The number of hydrogen-bond acceptors (Lipinski definition) is 5. The number of carbonyl (C=O) groups is 1. The van der Waals surface area contributed by atoms with Gasteiger partial charge in [-0.25, -0.2) is 0 Å². The SMILES string of the molecule is Cc1nn(CC(=O)Nc2nn(Cc3ccccc3Cl)cc2Br)c(C)c1[N+](=O)[O-]. The van der Waals surface area contributed by atoms with E-state index in [1.807, 2.05) is 18.2 Å². The number of halogens is 2. The van der Waals surface area contributed by atoms with Crippen LogP contribution in [0.25, 0.3) is 0 Å². The van der Waals surface area contributed by atoms with Gasteiger partial charge < -0.3 is 5.32 Å². The highest BCUT2D eigenvalue weighted by molar-refractivity contribution is 9.10. The molecule has 3 rings (SSSR count). The van der Waals surface area contributed by atoms with Crippen molar-refractivity contribution in [3.05, 3.63) is 67.0 Å². The lowest BCUT2D eigenvalue weighted by Crippen LogP contribution is -2.21. The van der Waals surface area contributed by atoms with Crippen LogP contribution < -0.4 is 5.32 Å². The maximum atomic E-state index is 12.4. The Hall–Kier alpha value is -2.72. The zero-order chi connectivity index (χ0) is 20.4. The minimum Gasteiger partial charge on any atom is -0.307 e. The summed E-state index contributed by atoms with van der Waals surface area (Å²) < 4.78 is 3.55. The minimum atomic E-state index is -0.501. The summed E-state index contributed by atoms with van der Waals surface area (Å²) in [6.07, 6.45) is 1.73. The van der Waals surface area contributed by atoms with Crippen molar-refractivity contribution in [3.63, 3.8) is 0 Å². The zero-order valence-corrected chi connectivity index (χ0v) is 17.4. The van der Waals surface area contributed by atoms with E-state index in [9.17, 15) is 14.9 Å². The highest BCUT2D eigenvalue weighted by Gasteiger charge is 2.23. The van der Waals surface area contributed by atoms with E-state index in [-0.39, 0.29) is 17.9 Å². The Morgan fingerprint density at radius 1 is 1.32 bits per heavy atom. The zero-order valence-electron chi connectivity index (χ0n) is 15.0. The van der Waals surface area contributed by atoms with Crippen molar-refractivity contribution in [2.75, 3.05) is 5.32 Å². The number of nitro groups is 1. The van der Waals surface area contributed by atoms with Crippen LogP contribution in [0.2, 0.25) is 5.02 Å². The average molecular weight is 468 g/mol. The standard InChI is InChI=1S/C17H16BrClN6O3/c1-10-16(25(27)28)11(2)24(21-10)9-15(26)20-17-13(18)8-23(22-17)7-12-5-3-4-6-14(12)19/h3-6,8H,7,9H2,1-2H3,(H,20,22,26). The molecule has 2 heterocycles. The maximum absolute atomic E-state index is 12.4. The fraction of sp³-hybridized carbons (Fsp3) is 0.235. The molecule has 0 unspecified atom stereocenters. The molecular formula is C17H16BrClN6O3. The third-order valence-corrected chi connectivity index (χ3v) is 5.03. The number of anilines is 1. The van der Waals surface area contributed by atoms with E-state index in [4.69, 9.17) is 11.6 Å². The molecular weight excluding hydrogens is 452 g/mol. The van der Waals surface area contributed by atoms with Gasteiger partial charge in [0.05, 0.1) is 15.9 Å². The second kappa shape index (κ2) is 8.11. The van der Waals surface area contributed by atoms with Crippen molar-refractivity contribution >= 4 is 44.9 Å². The summed E-state index contributed by atoms with van der Waals surface area (Å²) in [5.74, 6) is -0.0581. The van der Waals surface area contributed by atoms with Crippen LogP contribution in [0.15, 0.2) is 34.9 Å². The van der Waals surface area contributed by atoms with Crippen molar-refractivity contribution in [2.45, 2.75) is 26.9 Å². The van der Waals surface area contributed by atoms with Crippen LogP contribution in [0.3, 0.4) is 0 Å². The van der Waals surface area contributed by atoms with Gasteiger partial charge in [-0.2, -0.15) is 10.2 Å². The van der Waals surface area contributed by atoms with Crippen LogP contribution in [0.1, 0.15) is 17.0 Å². The number of aromatic nitrogens is 4. The molecule has 1 amide bonds. The first-order chi connectivity index (χ1) is 13.3. The summed E-state index contributed by atoms with van der Waals surface area (Å²) in [6.45, 7) is 3.37. The molecule has 0 radical (unpaired) electrons. The normalized spacial score (nSPS) is 10.9. The quantitative estimate of drug-likeness (QED) is 0.439. The van der Waals surface area contributed by atoms with Gasteiger partial charge in [0.1, 0.15) is 17.9 Å². The molecule has 0 aliphatic rings. The lowest BCUT2D eigenvalue weighted by molar-refractivity contribution is -0.386. The minimum absolute atomic E-state index is 0.0852. The molecule has 0 atom stereocenters. The summed E-state index contributed by atoms with van der Waals surface area (Å²) >= 11 is 9.54. The summed E-state index contributed by atoms with van der Waals surface area (Å²) in [5, 5.41) is 22.8. The molecule has 0 aliphatic heterocycles. The molecule has 2 aromatic heterocycles. The van der Waals surface area contributed by atoms with Crippen LogP contribution >= 0.6 is 27.5 Å². The number of carbonyl (C=O) groups excluding carboxylic acids is 1. The highest BCUT2D eigenvalue weighted by Crippen LogP contribution is 2.24. The van der Waals surface area contributed by atoms with Crippen molar-refractivity contribution in [3.8, 4) is 0 Å². The molecule has 0 saturated carbocycles. The summed E-state index contributed by atoms with van der Waals surface area (Å²) in [7, 11) is 0. The van der Waals surface area contributed by atoms with Gasteiger partial charge in [0.2, 0.25) is 5.91 Å². The predicted octanol–water partition coefficient (Wildman–Crippen LogP) is 3.71. The van der Waals surface area contributed by atoms with Gasteiger partial charge in [0.25, 0.3) is 0 Å². The molecule has 0 aliphatic carbocycles. The molecule has 0 bridgehead atoms. The number of aryl methyl sites for hydroxylation is 1. The van der Waals surface area contributed by atoms with Crippen molar-refractivity contribution < 1.29 is 9.72 Å². The van der Waals surface area contributed by atoms with Gasteiger partial charge in [-0.1, -0.05) is 29.8 Å². The molecule has 1 aromatic carbocycles. The van der Waals surface area contributed by atoms with Gasteiger partial charge >= 0.3 is 5.69 Å². The number of nitrogens with one attached hydrogen (secondary N) is 1. The second-order valence-corrected chi connectivity index (χ2v) is 7.36. The molecule has 0 saturated heterocycles. The van der Waals surface area contributed by atoms with E-state index in [1.165, 1.54) is 11.6 Å². The summed E-state index contributed by atoms with van der Waals surface area (Å²) in [6, 6.07) is 7.42.